The van der Waals surface area contributed by atoms with Crippen LogP contribution in [-0.2, 0) is 4.79 Å². The summed E-state index contributed by atoms with van der Waals surface area (Å²) < 4.78 is 0. The monoisotopic (exact) mass is 255 g/mol. The molecule has 0 spiro atoms. The lowest BCUT2D eigenvalue weighted by Gasteiger charge is -2.21. The Balaban J connectivity index is 2.19. The lowest BCUT2D eigenvalue weighted by Crippen LogP contribution is -2.16. The Morgan fingerprint density at radius 1 is 1.42 bits per heavy atom. The maximum Gasteiger partial charge on any atom is 0.158 e. The van der Waals surface area contributed by atoms with Gasteiger partial charge in [0.1, 0.15) is 0 Å². The number of carbonyl (C=O) groups is 1. The molecule has 0 bridgehead atoms. The van der Waals surface area contributed by atoms with E-state index in [0.717, 1.165) is 30.4 Å². The van der Waals surface area contributed by atoms with E-state index in [4.69, 9.17) is 5.53 Å². The van der Waals surface area contributed by atoms with Crippen LogP contribution in [0, 0.1) is 5.92 Å². The van der Waals surface area contributed by atoms with Crippen LogP contribution in [0.2, 0.25) is 0 Å². The predicted molar refractivity (Wildman–Crippen MR) is 75.9 cm³/mol. The van der Waals surface area contributed by atoms with Crippen molar-refractivity contribution < 1.29 is 4.79 Å². The van der Waals surface area contributed by atoms with Gasteiger partial charge in [0.25, 0.3) is 0 Å². The van der Waals surface area contributed by atoms with Gasteiger partial charge in [0.05, 0.1) is 0 Å². The average molecular weight is 255 g/mol. The quantitative estimate of drug-likeness (QED) is 0.331. The zero-order chi connectivity index (χ0) is 13.7. The summed E-state index contributed by atoms with van der Waals surface area (Å²) in [7, 11) is 0. The second kappa shape index (κ2) is 6.21. The van der Waals surface area contributed by atoms with E-state index in [9.17, 15) is 4.79 Å². The molecule has 4 nitrogen and oxygen atoms in total. The Labute approximate surface area is 112 Å². The van der Waals surface area contributed by atoms with Crippen LogP contribution in [0.25, 0.3) is 16.5 Å². The smallest absolute Gasteiger partial charge is 0.158 e. The Morgan fingerprint density at radius 3 is 2.79 bits per heavy atom. The zero-order valence-electron chi connectivity index (χ0n) is 11.0. The van der Waals surface area contributed by atoms with E-state index < -0.39 is 0 Å². The molecular formula is C15H17N3O. The minimum Gasteiger partial charge on any atom is -0.295 e. The Bertz CT molecular complexity index is 539. The van der Waals surface area contributed by atoms with Gasteiger partial charge in [0, 0.05) is 17.0 Å². The maximum atomic E-state index is 11.9. The van der Waals surface area contributed by atoms with Crippen molar-refractivity contribution in [2.45, 2.75) is 32.6 Å². The summed E-state index contributed by atoms with van der Waals surface area (Å²) in [5.74, 6) is 0.898. The standard InChI is InChI=1S/C15H17N3O/c1-2-11-5-8-15(19)13(9-11)10-12-3-6-14(7-4-12)17-18-16/h3-4,6-7,10-11H,2,5,8-9H2,1H3/b13-10+. The van der Waals surface area contributed by atoms with E-state index in [-0.39, 0.29) is 5.78 Å². The van der Waals surface area contributed by atoms with Gasteiger partial charge in [0.15, 0.2) is 5.78 Å². The molecule has 4 heteroatoms. The van der Waals surface area contributed by atoms with E-state index in [2.05, 4.69) is 16.9 Å². The SMILES string of the molecule is CCC1CCC(=O)/C(=C/c2ccc(N=[N+]=[N-])cc2)C1. The molecule has 1 fully saturated rings. The largest absolute Gasteiger partial charge is 0.295 e. The number of benzene rings is 1. The van der Waals surface area contributed by atoms with Gasteiger partial charge in [0.2, 0.25) is 0 Å². The highest BCUT2D eigenvalue weighted by Gasteiger charge is 2.21. The molecule has 1 aromatic carbocycles. The Morgan fingerprint density at radius 2 is 2.16 bits per heavy atom. The highest BCUT2D eigenvalue weighted by Crippen LogP contribution is 2.29. The van der Waals surface area contributed by atoms with Crippen molar-refractivity contribution in [2.75, 3.05) is 0 Å². The van der Waals surface area contributed by atoms with Gasteiger partial charge in [-0.05, 0) is 41.5 Å². The fourth-order valence-electron chi connectivity index (χ4n) is 2.40. The van der Waals surface area contributed by atoms with E-state index in [1.807, 2.05) is 18.2 Å². The van der Waals surface area contributed by atoms with Gasteiger partial charge >= 0.3 is 0 Å². The number of allylic oxidation sites excluding steroid dienone is 1. The number of Topliss-reactive ketones (excluding diaryl/α,β-unsaturated/α-hetero) is 1. The molecular weight excluding hydrogens is 238 g/mol. The second-order valence-corrected chi connectivity index (χ2v) is 4.89. The van der Waals surface area contributed by atoms with Gasteiger partial charge < -0.3 is 0 Å². The molecule has 1 unspecified atom stereocenters. The van der Waals surface area contributed by atoms with Gasteiger partial charge in [-0.1, -0.05) is 42.7 Å². The van der Waals surface area contributed by atoms with Crippen LogP contribution in [0.4, 0.5) is 5.69 Å². The zero-order valence-corrected chi connectivity index (χ0v) is 11.0. The highest BCUT2D eigenvalue weighted by atomic mass is 16.1. The van der Waals surface area contributed by atoms with E-state index >= 15 is 0 Å². The molecule has 0 radical (unpaired) electrons. The van der Waals surface area contributed by atoms with Crippen LogP contribution in [0.1, 0.15) is 38.2 Å². The molecule has 98 valence electrons. The van der Waals surface area contributed by atoms with Crippen molar-refractivity contribution in [2.24, 2.45) is 11.0 Å². The Kier molecular flexibility index (Phi) is 4.37. The molecule has 1 aliphatic carbocycles. The molecule has 0 N–H and O–H groups in total. The van der Waals surface area contributed by atoms with Crippen LogP contribution < -0.4 is 0 Å². The van der Waals surface area contributed by atoms with E-state index in [1.54, 1.807) is 12.1 Å². The number of rotatable bonds is 3. The minimum atomic E-state index is 0.267. The summed E-state index contributed by atoms with van der Waals surface area (Å²) in [4.78, 5) is 14.6. The highest BCUT2D eigenvalue weighted by molar-refractivity contribution is 6.00. The lowest BCUT2D eigenvalue weighted by molar-refractivity contribution is -0.116. The molecule has 1 aromatic rings. The van der Waals surface area contributed by atoms with Crippen LogP contribution in [0.3, 0.4) is 0 Å². The third-order valence-corrected chi connectivity index (χ3v) is 3.62. The van der Waals surface area contributed by atoms with Crippen molar-refractivity contribution in [3.8, 4) is 0 Å². The van der Waals surface area contributed by atoms with Crippen LogP contribution >= 0.6 is 0 Å². The molecule has 1 atom stereocenters. The minimum absolute atomic E-state index is 0.267. The Hall–Kier alpha value is -2.06. The molecule has 0 saturated heterocycles. The first-order valence-electron chi connectivity index (χ1n) is 6.62. The number of hydrogen-bond donors (Lipinski definition) is 0. The van der Waals surface area contributed by atoms with Crippen molar-refractivity contribution in [3.05, 3.63) is 45.8 Å². The van der Waals surface area contributed by atoms with Crippen LogP contribution in [0.5, 0.6) is 0 Å². The summed E-state index contributed by atoms with van der Waals surface area (Å²) in [5, 5.41) is 3.53. The summed E-state index contributed by atoms with van der Waals surface area (Å²) in [5.41, 5.74) is 10.8. The summed E-state index contributed by atoms with van der Waals surface area (Å²) >= 11 is 0. The van der Waals surface area contributed by atoms with Crippen molar-refractivity contribution in [1.82, 2.24) is 0 Å². The number of nitrogens with zero attached hydrogens (tertiary/aromatic N) is 3. The summed E-state index contributed by atoms with van der Waals surface area (Å²) in [6.07, 6.45) is 5.65. The van der Waals surface area contributed by atoms with Gasteiger partial charge in [-0.3, -0.25) is 4.79 Å². The van der Waals surface area contributed by atoms with Crippen molar-refractivity contribution in [3.63, 3.8) is 0 Å². The van der Waals surface area contributed by atoms with Crippen LogP contribution in [0.15, 0.2) is 35.0 Å². The number of carbonyl (C=O) groups excluding carboxylic acids is 1. The molecule has 0 aliphatic heterocycles. The van der Waals surface area contributed by atoms with Crippen molar-refractivity contribution in [1.29, 1.82) is 0 Å². The van der Waals surface area contributed by atoms with Gasteiger partial charge in [-0.2, -0.15) is 0 Å². The lowest BCUT2D eigenvalue weighted by atomic mass is 9.82. The number of ketones is 1. The molecule has 19 heavy (non-hydrogen) atoms. The molecule has 0 aromatic heterocycles. The first-order chi connectivity index (χ1) is 9.22. The topological polar surface area (TPSA) is 65.8 Å². The van der Waals surface area contributed by atoms with Gasteiger partial charge in [-0.25, -0.2) is 0 Å². The molecule has 2 rings (SSSR count). The van der Waals surface area contributed by atoms with E-state index in [1.165, 1.54) is 0 Å². The average Bonchev–Trinajstić information content (AvgIpc) is 2.44. The predicted octanol–water partition coefficient (Wildman–Crippen LogP) is 4.79. The summed E-state index contributed by atoms with van der Waals surface area (Å²) in [6, 6.07) is 7.27. The number of hydrogen-bond acceptors (Lipinski definition) is 2. The van der Waals surface area contributed by atoms with Crippen LogP contribution in [-0.4, -0.2) is 5.78 Å². The summed E-state index contributed by atoms with van der Waals surface area (Å²) in [6.45, 7) is 2.17. The number of azide groups is 1. The fraction of sp³-hybridized carbons (Fsp3) is 0.400. The molecule has 0 amide bonds. The fourth-order valence-corrected chi connectivity index (χ4v) is 2.40. The van der Waals surface area contributed by atoms with Crippen molar-refractivity contribution >= 4 is 17.5 Å². The third kappa shape index (κ3) is 3.46. The normalized spacial score (nSPS) is 21.2. The van der Waals surface area contributed by atoms with E-state index in [0.29, 0.717) is 18.0 Å². The molecule has 0 heterocycles. The maximum absolute atomic E-state index is 11.9. The van der Waals surface area contributed by atoms with Gasteiger partial charge in [-0.15, -0.1) is 0 Å². The second-order valence-electron chi connectivity index (χ2n) is 4.89. The first-order valence-corrected chi connectivity index (χ1v) is 6.62. The first kappa shape index (κ1) is 13.4. The molecule has 1 aliphatic rings. The third-order valence-electron chi connectivity index (χ3n) is 3.62. The molecule has 1 saturated carbocycles.